The molecule has 0 aliphatic heterocycles. The molecular formula is C12H16O. The molecule has 2 atom stereocenters. The van der Waals surface area contributed by atoms with Crippen LogP contribution in [0.2, 0.25) is 0 Å². The van der Waals surface area contributed by atoms with Gasteiger partial charge in [0.2, 0.25) is 0 Å². The van der Waals surface area contributed by atoms with Gasteiger partial charge in [0.1, 0.15) is 0 Å². The second-order valence-corrected chi connectivity index (χ2v) is 4.19. The molecule has 0 saturated heterocycles. The summed E-state index contributed by atoms with van der Waals surface area (Å²) in [6.45, 7) is 2.12. The molecule has 1 saturated carbocycles. The van der Waals surface area contributed by atoms with Gasteiger partial charge in [-0.15, -0.1) is 0 Å². The number of aryl methyl sites for hydroxylation is 1. The second-order valence-electron chi connectivity index (χ2n) is 4.19. The van der Waals surface area contributed by atoms with Crippen LogP contribution in [0.3, 0.4) is 0 Å². The van der Waals surface area contributed by atoms with Crippen LogP contribution in [0.25, 0.3) is 0 Å². The maximum atomic E-state index is 9.86. The van der Waals surface area contributed by atoms with E-state index in [1.165, 1.54) is 5.56 Å². The van der Waals surface area contributed by atoms with Gasteiger partial charge in [-0.05, 0) is 30.7 Å². The zero-order valence-electron chi connectivity index (χ0n) is 8.03. The van der Waals surface area contributed by atoms with Crippen molar-refractivity contribution in [2.75, 3.05) is 0 Å². The van der Waals surface area contributed by atoms with Crippen LogP contribution >= 0.6 is 0 Å². The first-order valence-corrected chi connectivity index (χ1v) is 4.97. The van der Waals surface area contributed by atoms with Crippen LogP contribution < -0.4 is 0 Å². The summed E-state index contributed by atoms with van der Waals surface area (Å²) in [5.41, 5.74) is 0.991. The summed E-state index contributed by atoms with van der Waals surface area (Å²) in [5.74, 6) is 0.510. The van der Waals surface area contributed by atoms with Gasteiger partial charge in [0, 0.05) is 0 Å². The smallest absolute Gasteiger partial charge is 0.0681 e. The molecule has 0 unspecified atom stereocenters. The zero-order valence-corrected chi connectivity index (χ0v) is 8.03. The highest BCUT2D eigenvalue weighted by Gasteiger charge is 2.48. The van der Waals surface area contributed by atoms with Crippen LogP contribution in [0.5, 0.6) is 0 Å². The van der Waals surface area contributed by atoms with Gasteiger partial charge in [0.25, 0.3) is 0 Å². The van der Waals surface area contributed by atoms with Crippen LogP contribution in [0.1, 0.15) is 25.3 Å². The summed E-state index contributed by atoms with van der Waals surface area (Å²) in [6, 6.07) is 10.4. The molecule has 2 rings (SSSR count). The molecule has 0 spiro atoms. The van der Waals surface area contributed by atoms with E-state index in [2.05, 4.69) is 31.2 Å². The first-order chi connectivity index (χ1) is 6.21. The lowest BCUT2D eigenvalue weighted by atomic mass is 10.0. The summed E-state index contributed by atoms with van der Waals surface area (Å²) in [5, 5.41) is 9.86. The molecule has 1 N–H and O–H groups in total. The minimum absolute atomic E-state index is 0.337. The van der Waals surface area contributed by atoms with Crippen molar-refractivity contribution >= 4 is 0 Å². The van der Waals surface area contributed by atoms with Gasteiger partial charge >= 0.3 is 0 Å². The lowest BCUT2D eigenvalue weighted by Gasteiger charge is -2.08. The summed E-state index contributed by atoms with van der Waals surface area (Å²) in [6.07, 6.45) is 2.90. The Labute approximate surface area is 79.4 Å². The van der Waals surface area contributed by atoms with E-state index in [9.17, 15) is 5.11 Å². The first-order valence-electron chi connectivity index (χ1n) is 4.97. The zero-order chi connectivity index (χ0) is 9.31. The van der Waals surface area contributed by atoms with Crippen molar-refractivity contribution in [2.24, 2.45) is 5.92 Å². The maximum absolute atomic E-state index is 9.86. The third kappa shape index (κ3) is 1.92. The monoisotopic (exact) mass is 176 g/mol. The van der Waals surface area contributed by atoms with E-state index in [0.717, 1.165) is 19.3 Å². The Balaban J connectivity index is 1.87. The fraction of sp³-hybridized carbons (Fsp3) is 0.500. The van der Waals surface area contributed by atoms with E-state index < -0.39 is 0 Å². The topological polar surface area (TPSA) is 20.2 Å². The lowest BCUT2D eigenvalue weighted by molar-refractivity contribution is 0.124. The maximum Gasteiger partial charge on any atom is 0.0681 e. The number of aliphatic hydroxyl groups is 1. The fourth-order valence-electron chi connectivity index (χ4n) is 1.83. The van der Waals surface area contributed by atoms with Crippen molar-refractivity contribution in [1.29, 1.82) is 0 Å². The molecule has 1 aromatic carbocycles. The van der Waals surface area contributed by atoms with E-state index in [4.69, 9.17) is 0 Å². The van der Waals surface area contributed by atoms with Gasteiger partial charge < -0.3 is 5.11 Å². The van der Waals surface area contributed by atoms with Crippen molar-refractivity contribution in [3.8, 4) is 0 Å². The molecule has 70 valence electrons. The average molecular weight is 176 g/mol. The van der Waals surface area contributed by atoms with Crippen LogP contribution in [0.15, 0.2) is 30.3 Å². The van der Waals surface area contributed by atoms with Crippen molar-refractivity contribution in [3.05, 3.63) is 35.9 Å². The normalized spacial score (nSPS) is 31.7. The second kappa shape index (κ2) is 3.15. The third-order valence-corrected chi connectivity index (χ3v) is 3.11. The van der Waals surface area contributed by atoms with Crippen LogP contribution in [0, 0.1) is 5.92 Å². The Bertz CT molecular complexity index is 280. The van der Waals surface area contributed by atoms with Gasteiger partial charge in [-0.1, -0.05) is 37.3 Å². The minimum Gasteiger partial charge on any atom is -0.390 e. The average Bonchev–Trinajstić information content (AvgIpc) is 2.74. The predicted molar refractivity (Wildman–Crippen MR) is 53.5 cm³/mol. The lowest BCUT2D eigenvalue weighted by Crippen LogP contribution is -2.10. The number of hydrogen-bond donors (Lipinski definition) is 1. The summed E-state index contributed by atoms with van der Waals surface area (Å²) < 4.78 is 0. The fourth-order valence-corrected chi connectivity index (χ4v) is 1.83. The van der Waals surface area contributed by atoms with Crippen molar-refractivity contribution in [3.63, 3.8) is 0 Å². The molecule has 1 heteroatoms. The molecule has 0 radical (unpaired) electrons. The quantitative estimate of drug-likeness (QED) is 0.749. The SMILES string of the molecule is C[C@@H]1C[C@]1(O)CCc1ccccc1. The summed E-state index contributed by atoms with van der Waals surface area (Å²) >= 11 is 0. The molecule has 0 heterocycles. The molecule has 13 heavy (non-hydrogen) atoms. The van der Waals surface area contributed by atoms with Gasteiger partial charge in [0.05, 0.1) is 5.60 Å². The van der Waals surface area contributed by atoms with Gasteiger partial charge in [0.15, 0.2) is 0 Å². The van der Waals surface area contributed by atoms with Gasteiger partial charge in [-0.2, -0.15) is 0 Å². The predicted octanol–water partition coefficient (Wildman–Crippen LogP) is 2.39. The highest BCUT2D eigenvalue weighted by atomic mass is 16.3. The highest BCUT2D eigenvalue weighted by molar-refractivity contribution is 5.16. The molecule has 1 fully saturated rings. The molecule has 1 nitrogen and oxygen atoms in total. The molecule has 0 amide bonds. The minimum atomic E-state index is -0.337. The van der Waals surface area contributed by atoms with Crippen LogP contribution in [-0.4, -0.2) is 10.7 Å². The largest absolute Gasteiger partial charge is 0.390 e. The molecular weight excluding hydrogens is 160 g/mol. The molecule has 1 aliphatic carbocycles. The van der Waals surface area contributed by atoms with Crippen LogP contribution in [0.4, 0.5) is 0 Å². The molecule has 0 aromatic heterocycles. The Morgan fingerprint density at radius 2 is 2.00 bits per heavy atom. The van der Waals surface area contributed by atoms with Gasteiger partial charge in [-0.25, -0.2) is 0 Å². The summed E-state index contributed by atoms with van der Waals surface area (Å²) in [7, 11) is 0. The third-order valence-electron chi connectivity index (χ3n) is 3.11. The Hall–Kier alpha value is -0.820. The molecule has 0 bridgehead atoms. The Kier molecular flexibility index (Phi) is 2.12. The Morgan fingerprint density at radius 3 is 2.54 bits per heavy atom. The van der Waals surface area contributed by atoms with E-state index in [-0.39, 0.29) is 5.60 Å². The number of hydrogen-bond acceptors (Lipinski definition) is 1. The van der Waals surface area contributed by atoms with Gasteiger partial charge in [-0.3, -0.25) is 0 Å². The summed E-state index contributed by atoms with van der Waals surface area (Å²) in [4.78, 5) is 0. The van der Waals surface area contributed by atoms with E-state index >= 15 is 0 Å². The van der Waals surface area contributed by atoms with E-state index in [0.29, 0.717) is 5.92 Å². The molecule has 1 aliphatic rings. The van der Waals surface area contributed by atoms with E-state index in [1.807, 2.05) is 6.07 Å². The number of benzene rings is 1. The van der Waals surface area contributed by atoms with Crippen molar-refractivity contribution < 1.29 is 5.11 Å². The highest BCUT2D eigenvalue weighted by Crippen LogP contribution is 2.46. The Morgan fingerprint density at radius 1 is 1.38 bits per heavy atom. The van der Waals surface area contributed by atoms with E-state index in [1.54, 1.807) is 0 Å². The number of rotatable bonds is 3. The van der Waals surface area contributed by atoms with Crippen molar-refractivity contribution in [1.82, 2.24) is 0 Å². The molecule has 1 aromatic rings. The standard InChI is InChI=1S/C12H16O/c1-10-9-12(10,13)8-7-11-5-3-2-4-6-11/h2-6,10,13H,7-9H2,1H3/t10-,12-/m1/s1. The van der Waals surface area contributed by atoms with Crippen LogP contribution in [-0.2, 0) is 6.42 Å². The first kappa shape index (κ1) is 8.76. The van der Waals surface area contributed by atoms with Crippen molar-refractivity contribution in [2.45, 2.75) is 31.8 Å².